The zero-order chi connectivity index (χ0) is 20.5. The van der Waals surface area contributed by atoms with Gasteiger partial charge in [-0.25, -0.2) is 0 Å². The first-order valence-electron chi connectivity index (χ1n) is 10.3. The highest BCUT2D eigenvalue weighted by Crippen LogP contribution is 2.26. The molecule has 1 unspecified atom stereocenters. The molecular weight excluding hydrogens is 386 g/mol. The summed E-state index contributed by atoms with van der Waals surface area (Å²) in [4.78, 5) is 27.3. The molecule has 6 nitrogen and oxygen atoms in total. The van der Waals surface area contributed by atoms with Gasteiger partial charge in [0.15, 0.2) is 0 Å². The van der Waals surface area contributed by atoms with Crippen molar-refractivity contribution < 1.29 is 14.3 Å². The van der Waals surface area contributed by atoms with Crippen LogP contribution in [-0.4, -0.2) is 43.0 Å². The van der Waals surface area contributed by atoms with Crippen LogP contribution in [0.2, 0.25) is 0 Å². The number of rotatable bonds is 7. The number of thiophene rings is 1. The minimum atomic E-state index is -0.683. The number of nitrogens with zero attached hydrogens (tertiary/aromatic N) is 1. The summed E-state index contributed by atoms with van der Waals surface area (Å²) in [5, 5.41) is 9.67. The van der Waals surface area contributed by atoms with Crippen molar-refractivity contribution in [2.24, 2.45) is 0 Å². The van der Waals surface area contributed by atoms with Crippen LogP contribution >= 0.6 is 11.3 Å². The number of ether oxygens (including phenoxy) is 1. The van der Waals surface area contributed by atoms with E-state index in [4.69, 9.17) is 4.74 Å². The number of hydrogen-bond donors (Lipinski definition) is 2. The minimum absolute atomic E-state index is 0.0896. The van der Waals surface area contributed by atoms with Gasteiger partial charge < -0.3 is 15.4 Å². The zero-order valence-corrected chi connectivity index (χ0v) is 17.7. The average molecular weight is 416 g/mol. The molecule has 1 aliphatic rings. The van der Waals surface area contributed by atoms with Crippen molar-refractivity contribution in [1.82, 2.24) is 10.2 Å². The molecule has 1 aromatic heterocycles. The molecule has 1 atom stereocenters. The summed E-state index contributed by atoms with van der Waals surface area (Å²) in [5.74, 6) is -0.764. The molecule has 2 N–H and O–H groups in total. The number of carbonyl (C=O) groups excluding carboxylic acids is 2. The Bertz CT molecular complexity index is 786. The average Bonchev–Trinajstić information content (AvgIpc) is 3.12. The van der Waals surface area contributed by atoms with Crippen molar-refractivity contribution in [1.29, 1.82) is 0 Å². The molecule has 1 aromatic carbocycles. The third-order valence-corrected chi connectivity index (χ3v) is 5.81. The van der Waals surface area contributed by atoms with Crippen molar-refractivity contribution in [2.75, 3.05) is 31.6 Å². The predicted octanol–water partition coefficient (Wildman–Crippen LogP) is 3.82. The third-order valence-electron chi connectivity index (χ3n) is 5.11. The molecule has 156 valence electrons. The maximum absolute atomic E-state index is 12.5. The number of carbonyl (C=O) groups is 2. The Morgan fingerprint density at radius 3 is 2.55 bits per heavy atom. The molecule has 7 heteroatoms. The van der Waals surface area contributed by atoms with Gasteiger partial charge in [0.25, 0.3) is 0 Å². The summed E-state index contributed by atoms with van der Waals surface area (Å²) in [5.41, 5.74) is 1.69. The topological polar surface area (TPSA) is 70.7 Å². The van der Waals surface area contributed by atoms with E-state index in [2.05, 4.69) is 32.4 Å². The number of benzene rings is 1. The summed E-state index contributed by atoms with van der Waals surface area (Å²) < 4.78 is 5.50. The fourth-order valence-corrected chi connectivity index (χ4v) is 4.34. The van der Waals surface area contributed by atoms with Crippen molar-refractivity contribution in [3.63, 3.8) is 0 Å². The van der Waals surface area contributed by atoms with Gasteiger partial charge in [0, 0.05) is 6.54 Å². The highest BCUT2D eigenvalue weighted by molar-refractivity contribution is 7.08. The Labute approximate surface area is 176 Å². The number of nitrogens with one attached hydrogen (secondary N) is 2. The molecule has 2 heterocycles. The van der Waals surface area contributed by atoms with Crippen LogP contribution < -0.4 is 15.4 Å². The minimum Gasteiger partial charge on any atom is -0.492 e. The third kappa shape index (κ3) is 6.05. The van der Waals surface area contributed by atoms with E-state index in [-0.39, 0.29) is 6.04 Å². The molecule has 1 aliphatic heterocycles. The summed E-state index contributed by atoms with van der Waals surface area (Å²) in [6.45, 7) is 4.81. The highest BCUT2D eigenvalue weighted by atomic mass is 32.1. The molecule has 0 bridgehead atoms. The van der Waals surface area contributed by atoms with Crippen LogP contribution in [0.4, 0.5) is 5.69 Å². The molecule has 0 radical (unpaired) electrons. The van der Waals surface area contributed by atoms with E-state index in [0.29, 0.717) is 24.6 Å². The van der Waals surface area contributed by atoms with Crippen molar-refractivity contribution in [3.05, 3.63) is 46.7 Å². The number of para-hydroxylation sites is 2. The van der Waals surface area contributed by atoms with E-state index in [1.807, 2.05) is 13.0 Å². The van der Waals surface area contributed by atoms with Gasteiger partial charge in [-0.15, -0.1) is 0 Å². The quantitative estimate of drug-likeness (QED) is 0.675. The Morgan fingerprint density at radius 2 is 1.86 bits per heavy atom. The second-order valence-corrected chi connectivity index (χ2v) is 7.90. The zero-order valence-electron chi connectivity index (χ0n) is 16.9. The van der Waals surface area contributed by atoms with Gasteiger partial charge in [-0.3, -0.25) is 14.5 Å². The largest absolute Gasteiger partial charge is 0.492 e. The first-order valence-corrected chi connectivity index (χ1v) is 11.2. The molecule has 0 saturated carbocycles. The predicted molar refractivity (Wildman–Crippen MR) is 116 cm³/mol. The van der Waals surface area contributed by atoms with Crippen molar-refractivity contribution in [2.45, 2.75) is 38.6 Å². The molecule has 2 amide bonds. The number of anilines is 1. The molecule has 0 aliphatic carbocycles. The lowest BCUT2D eigenvalue weighted by Crippen LogP contribution is -2.42. The van der Waals surface area contributed by atoms with Crippen LogP contribution in [0, 0.1) is 0 Å². The maximum Gasteiger partial charge on any atom is 0.313 e. The normalized spacial score (nSPS) is 15.9. The standard InChI is InChI=1S/C22H29N3O3S/c1-2-28-20-10-6-5-9-18(20)24-22(27)21(26)23-15-19(17-11-14-29-16-17)25-12-7-3-4-8-13-25/h5-6,9-11,14,16,19H,2-4,7-8,12-13,15H2,1H3,(H,23,26)(H,24,27). The fourth-order valence-electron chi connectivity index (χ4n) is 3.63. The molecule has 1 fully saturated rings. The molecular formula is C22H29N3O3S. The van der Waals surface area contributed by atoms with E-state index in [1.54, 1.807) is 29.5 Å². The monoisotopic (exact) mass is 415 g/mol. The van der Waals surface area contributed by atoms with Crippen molar-refractivity contribution in [3.8, 4) is 5.75 Å². The Morgan fingerprint density at radius 1 is 1.10 bits per heavy atom. The van der Waals surface area contributed by atoms with Gasteiger partial charge in [-0.05, 0) is 67.4 Å². The van der Waals surface area contributed by atoms with Gasteiger partial charge in [0.1, 0.15) is 5.75 Å². The van der Waals surface area contributed by atoms with Gasteiger partial charge >= 0.3 is 11.8 Å². The van der Waals surface area contributed by atoms with E-state index in [9.17, 15) is 9.59 Å². The van der Waals surface area contributed by atoms with E-state index in [1.165, 1.54) is 31.2 Å². The number of amides is 2. The lowest BCUT2D eigenvalue weighted by Gasteiger charge is -2.30. The lowest BCUT2D eigenvalue weighted by atomic mass is 10.1. The van der Waals surface area contributed by atoms with Crippen molar-refractivity contribution >= 4 is 28.8 Å². The molecule has 1 saturated heterocycles. The maximum atomic E-state index is 12.5. The Kier molecular flexibility index (Phi) is 8.07. The highest BCUT2D eigenvalue weighted by Gasteiger charge is 2.24. The smallest absolute Gasteiger partial charge is 0.313 e. The van der Waals surface area contributed by atoms with Gasteiger partial charge in [0.05, 0.1) is 18.3 Å². The van der Waals surface area contributed by atoms with Gasteiger partial charge in [0.2, 0.25) is 0 Å². The second-order valence-electron chi connectivity index (χ2n) is 7.12. The Balaban J connectivity index is 1.61. The summed E-state index contributed by atoms with van der Waals surface area (Å²) in [7, 11) is 0. The first kappa shape index (κ1) is 21.3. The van der Waals surface area contributed by atoms with E-state index >= 15 is 0 Å². The van der Waals surface area contributed by atoms with Crippen LogP contribution in [-0.2, 0) is 9.59 Å². The fraction of sp³-hybridized carbons (Fsp3) is 0.455. The summed E-state index contributed by atoms with van der Waals surface area (Å²) in [6.07, 6.45) is 4.84. The molecule has 2 aromatic rings. The van der Waals surface area contributed by atoms with Crippen LogP contribution in [0.1, 0.15) is 44.2 Å². The van der Waals surface area contributed by atoms with E-state index in [0.717, 1.165) is 13.1 Å². The molecule has 3 rings (SSSR count). The number of likely N-dealkylation sites (tertiary alicyclic amines) is 1. The van der Waals surface area contributed by atoms with Gasteiger partial charge in [-0.2, -0.15) is 11.3 Å². The van der Waals surface area contributed by atoms with Gasteiger partial charge in [-0.1, -0.05) is 25.0 Å². The van der Waals surface area contributed by atoms with Crippen LogP contribution in [0.3, 0.4) is 0 Å². The summed E-state index contributed by atoms with van der Waals surface area (Å²) in [6, 6.07) is 9.30. The lowest BCUT2D eigenvalue weighted by molar-refractivity contribution is -0.136. The SMILES string of the molecule is CCOc1ccccc1NC(=O)C(=O)NCC(c1ccsc1)N1CCCCCC1. The molecule has 0 spiro atoms. The Hall–Kier alpha value is -2.38. The van der Waals surface area contributed by atoms with Crippen LogP contribution in [0.25, 0.3) is 0 Å². The van der Waals surface area contributed by atoms with E-state index < -0.39 is 11.8 Å². The number of hydrogen-bond acceptors (Lipinski definition) is 5. The molecule has 29 heavy (non-hydrogen) atoms. The van der Waals surface area contributed by atoms with Crippen LogP contribution in [0.15, 0.2) is 41.1 Å². The summed E-state index contributed by atoms with van der Waals surface area (Å²) >= 11 is 1.65. The van der Waals surface area contributed by atoms with Crippen LogP contribution in [0.5, 0.6) is 5.75 Å². The first-order chi connectivity index (χ1) is 14.2. The second kappa shape index (κ2) is 11.0.